The highest BCUT2D eigenvalue weighted by Gasteiger charge is 2.50. The zero-order valence-electron chi connectivity index (χ0n) is 39.8. The minimum absolute atomic E-state index is 0.0827. The van der Waals surface area contributed by atoms with Gasteiger partial charge in [0.15, 0.2) is 12.1 Å². The lowest BCUT2D eigenvalue weighted by molar-refractivity contribution is -0.304. The van der Waals surface area contributed by atoms with Crippen LogP contribution in [0.1, 0.15) is 71.6 Å². The molecule has 3 aliphatic rings. The monoisotopic (exact) mass is 990 g/mol. The van der Waals surface area contributed by atoms with Gasteiger partial charge in [-0.3, -0.25) is 14.3 Å². The van der Waals surface area contributed by atoms with Crippen LogP contribution < -0.4 is 11.1 Å². The molecule has 21 nitrogen and oxygen atoms in total. The SMILES string of the molecule is C[C@H]1C[C@H](O)[C@@H](C)/C=C/C=C/C=C/C=C/C=C/C=C/C=C/C(O[C@@H]2OC[C@@H](O)[C@H](N)[C@@H]2O)C[C@@H]2OC(O)(C[C@@H](O)C[C@@H](O)[C@H](O)CCC(O)CC(O)CC(=O)O1)C[C@H](O)C2C(=O)NCCn1cncn1. The van der Waals surface area contributed by atoms with Gasteiger partial charge in [-0.05, 0) is 26.2 Å². The molecule has 70 heavy (non-hydrogen) atoms. The van der Waals surface area contributed by atoms with Gasteiger partial charge in [0.1, 0.15) is 24.9 Å². The first-order chi connectivity index (χ1) is 33.3. The van der Waals surface area contributed by atoms with Crippen LogP contribution in [0.5, 0.6) is 0 Å². The minimum Gasteiger partial charge on any atom is -0.462 e. The van der Waals surface area contributed by atoms with E-state index in [2.05, 4.69) is 15.4 Å². The van der Waals surface area contributed by atoms with Crippen molar-refractivity contribution in [3.63, 3.8) is 0 Å². The van der Waals surface area contributed by atoms with Gasteiger partial charge in [-0.2, -0.15) is 5.10 Å². The Hall–Kier alpha value is -4.30. The van der Waals surface area contributed by atoms with Gasteiger partial charge in [0.05, 0.1) is 92.6 Å². The third-order valence-corrected chi connectivity index (χ3v) is 12.2. The van der Waals surface area contributed by atoms with Crippen molar-refractivity contribution in [2.24, 2.45) is 17.6 Å². The predicted octanol–water partition coefficient (Wildman–Crippen LogP) is -0.599. The number of nitrogens with one attached hydrogen (secondary N) is 1. The molecule has 13 N–H and O–H groups in total. The summed E-state index contributed by atoms with van der Waals surface area (Å²) in [6.45, 7) is 3.53. The summed E-state index contributed by atoms with van der Waals surface area (Å²) in [6, 6.07) is -1.12. The Morgan fingerprint density at radius 1 is 0.771 bits per heavy atom. The molecule has 1 amide bonds. The molecular formula is C49H75N5O16. The molecule has 0 saturated carbocycles. The van der Waals surface area contributed by atoms with E-state index >= 15 is 0 Å². The number of hydrogen-bond donors (Lipinski definition) is 12. The van der Waals surface area contributed by atoms with Crippen molar-refractivity contribution in [2.45, 2.75) is 170 Å². The summed E-state index contributed by atoms with van der Waals surface area (Å²) in [5.74, 6) is -5.22. The molecule has 5 unspecified atom stereocenters. The second kappa shape index (κ2) is 29.9. The number of ether oxygens (including phenoxy) is 4. The maximum Gasteiger partial charge on any atom is 0.308 e. The summed E-state index contributed by atoms with van der Waals surface area (Å²) in [7, 11) is 0. The molecule has 1 aromatic heterocycles. The first-order valence-electron chi connectivity index (χ1n) is 23.9. The van der Waals surface area contributed by atoms with Crippen LogP contribution in [0, 0.1) is 11.8 Å². The van der Waals surface area contributed by atoms with Crippen LogP contribution >= 0.6 is 0 Å². The molecule has 0 radical (unpaired) electrons. The van der Waals surface area contributed by atoms with E-state index in [9.17, 15) is 60.7 Å². The number of carbonyl (C=O) groups excluding carboxylic acids is 2. The van der Waals surface area contributed by atoms with E-state index in [1.54, 1.807) is 61.6 Å². The van der Waals surface area contributed by atoms with E-state index in [-0.39, 0.29) is 57.7 Å². The Bertz CT molecular complexity index is 1910. The van der Waals surface area contributed by atoms with E-state index in [4.69, 9.17) is 24.7 Å². The number of esters is 1. The van der Waals surface area contributed by atoms with E-state index in [1.165, 1.54) is 17.3 Å². The molecule has 0 aromatic carbocycles. The van der Waals surface area contributed by atoms with Gasteiger partial charge < -0.3 is 81.1 Å². The van der Waals surface area contributed by atoms with Crippen LogP contribution in [0.4, 0.5) is 0 Å². The number of nitrogens with zero attached hydrogens (tertiary/aromatic N) is 3. The van der Waals surface area contributed by atoms with Crippen molar-refractivity contribution in [1.29, 1.82) is 0 Å². The number of aromatic nitrogens is 3. The van der Waals surface area contributed by atoms with Crippen LogP contribution in [-0.4, -0.2) is 182 Å². The molecular weight excluding hydrogens is 915 g/mol. The van der Waals surface area contributed by atoms with Crippen molar-refractivity contribution in [2.75, 3.05) is 13.2 Å². The summed E-state index contributed by atoms with van der Waals surface area (Å²) in [4.78, 5) is 30.2. The molecule has 392 valence electrons. The molecule has 3 aliphatic heterocycles. The van der Waals surface area contributed by atoms with Crippen LogP contribution in [0.25, 0.3) is 0 Å². The Labute approximate surface area is 408 Å². The Balaban J connectivity index is 1.57. The molecule has 0 spiro atoms. The van der Waals surface area contributed by atoms with E-state index < -0.39 is 135 Å². The average molecular weight is 990 g/mol. The van der Waals surface area contributed by atoms with Gasteiger partial charge in [-0.1, -0.05) is 92.0 Å². The molecule has 2 bridgehead atoms. The largest absolute Gasteiger partial charge is 0.462 e. The summed E-state index contributed by atoms with van der Waals surface area (Å²) in [5, 5.41) is 116. The lowest BCUT2D eigenvalue weighted by Crippen LogP contribution is -2.59. The Morgan fingerprint density at radius 2 is 1.41 bits per heavy atom. The van der Waals surface area contributed by atoms with Crippen LogP contribution in [0.3, 0.4) is 0 Å². The first-order valence-corrected chi connectivity index (χ1v) is 23.9. The lowest BCUT2D eigenvalue weighted by Gasteiger charge is -2.45. The summed E-state index contributed by atoms with van der Waals surface area (Å²) in [6.07, 6.45) is 8.37. The number of carbonyl (C=O) groups is 2. The average Bonchev–Trinajstić information content (AvgIpc) is 3.81. The predicted molar refractivity (Wildman–Crippen MR) is 253 cm³/mol. The smallest absolute Gasteiger partial charge is 0.308 e. The fourth-order valence-corrected chi connectivity index (χ4v) is 8.27. The molecule has 2 saturated heterocycles. The third kappa shape index (κ3) is 20.4. The van der Waals surface area contributed by atoms with Crippen molar-refractivity contribution < 1.29 is 79.6 Å². The van der Waals surface area contributed by atoms with Crippen molar-refractivity contribution in [3.8, 4) is 0 Å². The van der Waals surface area contributed by atoms with E-state index in [0.29, 0.717) is 0 Å². The van der Waals surface area contributed by atoms with Crippen molar-refractivity contribution in [1.82, 2.24) is 20.1 Å². The Kier molecular flexibility index (Phi) is 24.9. The number of cyclic esters (lactones) is 1. The molecule has 1 aromatic rings. The lowest BCUT2D eigenvalue weighted by atomic mass is 9.82. The van der Waals surface area contributed by atoms with Gasteiger partial charge in [-0.25, -0.2) is 4.98 Å². The molecule has 0 aliphatic carbocycles. The number of nitrogens with two attached hydrogens (primary N) is 1. The molecule has 17 atom stereocenters. The van der Waals surface area contributed by atoms with Crippen LogP contribution in [0.15, 0.2) is 97.7 Å². The number of amides is 1. The summed E-state index contributed by atoms with van der Waals surface area (Å²) >= 11 is 0. The van der Waals surface area contributed by atoms with Gasteiger partial charge in [0.25, 0.3) is 0 Å². The quantitative estimate of drug-likeness (QED) is 0.158. The molecule has 4 heterocycles. The highest BCUT2D eigenvalue weighted by atomic mass is 16.7. The first kappa shape index (κ1) is 58.3. The number of aliphatic hydroxyl groups excluding tert-OH is 9. The number of allylic oxidation sites excluding steroid dienone is 12. The molecule has 21 heteroatoms. The number of aliphatic hydroxyl groups is 10. The normalized spacial score (nSPS) is 40.9. The standard InChI is InChI=1S/C49H75N5O16/c1-31-15-13-11-9-7-5-3-4-6-8-10-12-14-16-36(69-48-46(64)45(50)41(62)28-67-48)25-42-44(47(65)52-19-20-54-30-51-29-53-54)40(61)27-49(66,70-42)26-35(57)23-39(60)37(58)18-17-33(55)22-34(56)24-43(63)68-32(2)21-38(31)59/h3-16,29-42,44-46,48,55-62,64,66H,17-28,50H2,1-2H3,(H,52,65)/b4-3+,7-5+,8-6+,11-9+,12-10+,15-13+,16-14+/t31-,32-,33?,34?,35-,36?,37+,38-,39+,40-,41+,42-,44?,45-,46-,48-,49?/m0/s1. The maximum atomic E-state index is 13.8. The van der Waals surface area contributed by atoms with Gasteiger partial charge in [0.2, 0.25) is 5.91 Å². The maximum absolute atomic E-state index is 13.8. The fourth-order valence-electron chi connectivity index (χ4n) is 8.27. The Morgan fingerprint density at radius 3 is 2.06 bits per heavy atom. The third-order valence-electron chi connectivity index (χ3n) is 12.2. The van der Waals surface area contributed by atoms with E-state index in [0.717, 1.165) is 0 Å². The van der Waals surface area contributed by atoms with Gasteiger partial charge in [0, 0.05) is 44.6 Å². The van der Waals surface area contributed by atoms with Crippen molar-refractivity contribution in [3.05, 3.63) is 97.7 Å². The highest BCUT2D eigenvalue weighted by Crippen LogP contribution is 2.38. The molecule has 4 rings (SSSR count). The minimum atomic E-state index is -2.28. The second-order valence-corrected chi connectivity index (χ2v) is 18.3. The highest BCUT2D eigenvalue weighted by molar-refractivity contribution is 5.80. The van der Waals surface area contributed by atoms with E-state index in [1.807, 2.05) is 37.3 Å². The van der Waals surface area contributed by atoms with Gasteiger partial charge in [-0.15, -0.1) is 0 Å². The summed E-state index contributed by atoms with van der Waals surface area (Å²) in [5.41, 5.74) is 6.02. The summed E-state index contributed by atoms with van der Waals surface area (Å²) < 4.78 is 24.8. The fraction of sp³-hybridized carbons (Fsp3) is 0.633. The zero-order valence-corrected chi connectivity index (χ0v) is 39.8. The van der Waals surface area contributed by atoms with Gasteiger partial charge >= 0.3 is 5.97 Å². The topological polar surface area (TPSA) is 342 Å². The zero-order chi connectivity index (χ0) is 51.2. The van der Waals surface area contributed by atoms with Crippen LogP contribution in [0.2, 0.25) is 0 Å². The van der Waals surface area contributed by atoms with Crippen molar-refractivity contribution >= 4 is 11.9 Å². The number of fused-ring (bicyclic) bond motifs is 2. The number of rotatable bonds is 6. The second-order valence-electron chi connectivity index (χ2n) is 18.3. The number of hydrogen-bond acceptors (Lipinski definition) is 19. The molecule has 2 fully saturated rings. The van der Waals surface area contributed by atoms with Crippen LogP contribution in [-0.2, 0) is 35.1 Å².